The summed E-state index contributed by atoms with van der Waals surface area (Å²) in [6.45, 7) is 3.69. The fraction of sp³-hybridized carbons (Fsp3) is 0.267. The SMILES string of the molecule is Clc1cccc(N2CCN(c3ccccc3Cl)CC2)n1. The summed E-state index contributed by atoms with van der Waals surface area (Å²) in [4.78, 5) is 8.92. The van der Waals surface area contributed by atoms with Crippen LogP contribution in [0.4, 0.5) is 11.5 Å². The third kappa shape index (κ3) is 2.84. The van der Waals surface area contributed by atoms with Gasteiger partial charge in [-0.05, 0) is 24.3 Å². The second kappa shape index (κ2) is 5.90. The molecule has 3 nitrogen and oxygen atoms in total. The van der Waals surface area contributed by atoms with E-state index in [1.54, 1.807) is 6.07 Å². The normalized spacial score (nSPS) is 15.5. The standard InChI is InChI=1S/C15H15Cl2N3/c16-12-4-1-2-5-13(12)19-8-10-20(11-9-19)15-7-3-6-14(17)18-15/h1-7H,8-11H2. The monoisotopic (exact) mass is 307 g/mol. The molecule has 0 spiro atoms. The Hall–Kier alpha value is -1.45. The van der Waals surface area contributed by atoms with Crippen molar-refractivity contribution < 1.29 is 0 Å². The summed E-state index contributed by atoms with van der Waals surface area (Å²) in [5.74, 6) is 0.941. The van der Waals surface area contributed by atoms with Crippen LogP contribution in [0, 0.1) is 0 Å². The van der Waals surface area contributed by atoms with Gasteiger partial charge >= 0.3 is 0 Å². The van der Waals surface area contributed by atoms with Crippen molar-refractivity contribution in [2.24, 2.45) is 0 Å². The van der Waals surface area contributed by atoms with Gasteiger partial charge in [-0.1, -0.05) is 41.4 Å². The summed E-state index contributed by atoms with van der Waals surface area (Å²) >= 11 is 12.2. The van der Waals surface area contributed by atoms with Crippen LogP contribution in [0.2, 0.25) is 10.2 Å². The minimum atomic E-state index is 0.538. The van der Waals surface area contributed by atoms with Crippen molar-refractivity contribution in [3.8, 4) is 0 Å². The highest BCUT2D eigenvalue weighted by Crippen LogP contribution is 2.27. The number of anilines is 2. The van der Waals surface area contributed by atoms with Crippen LogP contribution >= 0.6 is 23.2 Å². The number of halogens is 2. The van der Waals surface area contributed by atoms with E-state index in [1.807, 2.05) is 30.3 Å². The highest BCUT2D eigenvalue weighted by molar-refractivity contribution is 6.33. The van der Waals surface area contributed by atoms with Crippen molar-refractivity contribution in [3.63, 3.8) is 0 Å². The van der Waals surface area contributed by atoms with Crippen LogP contribution in [0.25, 0.3) is 0 Å². The molecule has 1 aliphatic heterocycles. The van der Waals surface area contributed by atoms with Crippen molar-refractivity contribution in [3.05, 3.63) is 52.6 Å². The minimum absolute atomic E-state index is 0.538. The largest absolute Gasteiger partial charge is 0.367 e. The number of aromatic nitrogens is 1. The van der Waals surface area contributed by atoms with E-state index >= 15 is 0 Å². The van der Waals surface area contributed by atoms with E-state index in [-0.39, 0.29) is 0 Å². The van der Waals surface area contributed by atoms with Crippen LogP contribution in [-0.2, 0) is 0 Å². The van der Waals surface area contributed by atoms with Crippen LogP contribution in [0.1, 0.15) is 0 Å². The van der Waals surface area contributed by atoms with Crippen LogP contribution in [0.15, 0.2) is 42.5 Å². The summed E-state index contributed by atoms with van der Waals surface area (Å²) in [6, 6.07) is 13.7. The van der Waals surface area contributed by atoms with Gasteiger partial charge in [-0.3, -0.25) is 0 Å². The van der Waals surface area contributed by atoms with Crippen LogP contribution in [-0.4, -0.2) is 31.2 Å². The number of hydrogen-bond donors (Lipinski definition) is 0. The molecule has 0 saturated carbocycles. The lowest BCUT2D eigenvalue weighted by molar-refractivity contribution is 0.647. The first-order chi connectivity index (χ1) is 9.74. The maximum Gasteiger partial charge on any atom is 0.131 e. The van der Waals surface area contributed by atoms with E-state index in [1.165, 1.54) is 0 Å². The molecule has 0 aliphatic carbocycles. The molecule has 1 aliphatic rings. The Kier molecular flexibility index (Phi) is 3.99. The smallest absolute Gasteiger partial charge is 0.131 e. The molecule has 104 valence electrons. The Labute approximate surface area is 128 Å². The molecule has 0 amide bonds. The second-order valence-electron chi connectivity index (χ2n) is 4.74. The van der Waals surface area contributed by atoms with Gasteiger partial charge in [0.2, 0.25) is 0 Å². The van der Waals surface area contributed by atoms with E-state index in [4.69, 9.17) is 23.2 Å². The van der Waals surface area contributed by atoms with Crippen molar-refractivity contribution in [2.45, 2.75) is 0 Å². The summed E-state index contributed by atoms with van der Waals surface area (Å²) in [7, 11) is 0. The average molecular weight is 308 g/mol. The van der Waals surface area contributed by atoms with Crippen molar-refractivity contribution >= 4 is 34.7 Å². The topological polar surface area (TPSA) is 19.4 Å². The number of nitrogens with zero attached hydrogens (tertiary/aromatic N) is 3. The quantitative estimate of drug-likeness (QED) is 0.788. The van der Waals surface area contributed by atoms with E-state index in [9.17, 15) is 0 Å². The Balaban J connectivity index is 1.70. The van der Waals surface area contributed by atoms with Crippen LogP contribution in [0.5, 0.6) is 0 Å². The van der Waals surface area contributed by atoms with Crippen LogP contribution in [0.3, 0.4) is 0 Å². The number of rotatable bonds is 2. The predicted molar refractivity (Wildman–Crippen MR) is 85.1 cm³/mol. The molecule has 2 heterocycles. The highest BCUT2D eigenvalue weighted by Gasteiger charge is 2.19. The van der Waals surface area contributed by atoms with Gasteiger partial charge in [-0.2, -0.15) is 0 Å². The molecule has 0 bridgehead atoms. The van der Waals surface area contributed by atoms with Gasteiger partial charge < -0.3 is 9.80 Å². The lowest BCUT2D eigenvalue weighted by Gasteiger charge is -2.37. The third-order valence-corrected chi connectivity index (χ3v) is 4.03. The van der Waals surface area contributed by atoms with Gasteiger partial charge in [0.25, 0.3) is 0 Å². The molecular weight excluding hydrogens is 293 g/mol. The molecule has 1 saturated heterocycles. The van der Waals surface area contributed by atoms with Gasteiger partial charge in [0.15, 0.2) is 0 Å². The summed E-state index contributed by atoms with van der Waals surface area (Å²) in [5.41, 5.74) is 1.10. The van der Waals surface area contributed by atoms with Gasteiger partial charge in [-0.25, -0.2) is 4.98 Å². The average Bonchev–Trinajstić information content (AvgIpc) is 2.48. The second-order valence-corrected chi connectivity index (χ2v) is 5.54. The third-order valence-electron chi connectivity index (χ3n) is 3.50. The molecule has 1 fully saturated rings. The summed E-state index contributed by atoms with van der Waals surface area (Å²) < 4.78 is 0. The number of hydrogen-bond acceptors (Lipinski definition) is 3. The maximum atomic E-state index is 6.25. The number of piperazine rings is 1. The Morgan fingerprint density at radius 3 is 2.20 bits per heavy atom. The lowest BCUT2D eigenvalue weighted by atomic mass is 10.2. The number of pyridine rings is 1. The highest BCUT2D eigenvalue weighted by atomic mass is 35.5. The zero-order valence-corrected chi connectivity index (χ0v) is 12.5. The molecule has 0 N–H and O–H groups in total. The van der Waals surface area contributed by atoms with E-state index in [2.05, 4.69) is 20.9 Å². The molecule has 3 rings (SSSR count). The number of para-hydroxylation sites is 1. The Morgan fingerprint density at radius 2 is 1.50 bits per heavy atom. The van der Waals surface area contributed by atoms with E-state index in [0.29, 0.717) is 5.15 Å². The lowest BCUT2D eigenvalue weighted by Crippen LogP contribution is -2.46. The van der Waals surface area contributed by atoms with Crippen LogP contribution < -0.4 is 9.80 Å². The Morgan fingerprint density at radius 1 is 0.800 bits per heavy atom. The Bertz CT molecular complexity index is 595. The fourth-order valence-corrected chi connectivity index (χ4v) is 2.87. The van der Waals surface area contributed by atoms with Gasteiger partial charge in [0.1, 0.15) is 11.0 Å². The molecule has 2 aromatic rings. The summed E-state index contributed by atoms with van der Waals surface area (Å²) in [5, 5.41) is 1.35. The van der Waals surface area contributed by atoms with E-state index < -0.39 is 0 Å². The zero-order valence-electron chi connectivity index (χ0n) is 11.0. The van der Waals surface area contributed by atoms with Gasteiger partial charge in [-0.15, -0.1) is 0 Å². The maximum absolute atomic E-state index is 6.25. The van der Waals surface area contributed by atoms with Crippen molar-refractivity contribution in [1.29, 1.82) is 0 Å². The first-order valence-corrected chi connectivity index (χ1v) is 7.36. The zero-order chi connectivity index (χ0) is 13.9. The molecule has 20 heavy (non-hydrogen) atoms. The fourth-order valence-electron chi connectivity index (χ4n) is 2.46. The molecule has 1 aromatic carbocycles. The summed E-state index contributed by atoms with van der Waals surface area (Å²) in [6.07, 6.45) is 0. The molecule has 5 heteroatoms. The predicted octanol–water partition coefficient (Wildman–Crippen LogP) is 3.72. The van der Waals surface area contributed by atoms with E-state index in [0.717, 1.165) is 42.7 Å². The minimum Gasteiger partial charge on any atom is -0.367 e. The molecular formula is C15H15Cl2N3. The first kappa shape index (κ1) is 13.5. The van der Waals surface area contributed by atoms with Gasteiger partial charge in [0.05, 0.1) is 10.7 Å². The molecule has 0 unspecified atom stereocenters. The molecule has 0 radical (unpaired) electrons. The number of benzene rings is 1. The first-order valence-electron chi connectivity index (χ1n) is 6.61. The van der Waals surface area contributed by atoms with Crippen molar-refractivity contribution in [2.75, 3.05) is 36.0 Å². The van der Waals surface area contributed by atoms with Crippen molar-refractivity contribution in [1.82, 2.24) is 4.98 Å². The molecule has 0 atom stereocenters. The molecule has 1 aromatic heterocycles. The van der Waals surface area contributed by atoms with Gasteiger partial charge in [0, 0.05) is 26.2 Å².